The normalized spacial score (nSPS) is 25.4. The van der Waals surface area contributed by atoms with Gasteiger partial charge in [-0.2, -0.15) is 0 Å². The Kier molecular flexibility index (Phi) is 3.27. The van der Waals surface area contributed by atoms with Gasteiger partial charge in [-0.3, -0.25) is 4.99 Å². The summed E-state index contributed by atoms with van der Waals surface area (Å²) in [6.45, 7) is 4.22. The maximum Gasteiger partial charge on any atom is 0.191 e. The van der Waals surface area contributed by atoms with E-state index in [4.69, 9.17) is 0 Å². The molecule has 2 rings (SSSR count). The van der Waals surface area contributed by atoms with Crippen LogP contribution in [0.3, 0.4) is 0 Å². The third-order valence-electron chi connectivity index (χ3n) is 3.40. The third-order valence-corrected chi connectivity index (χ3v) is 3.40. The van der Waals surface area contributed by atoms with Gasteiger partial charge in [0.25, 0.3) is 0 Å². The minimum atomic E-state index is 0.583. The molecule has 2 N–H and O–H groups in total. The van der Waals surface area contributed by atoms with Crippen LogP contribution < -0.4 is 10.6 Å². The minimum Gasteiger partial charge on any atom is -0.355 e. The van der Waals surface area contributed by atoms with Crippen molar-refractivity contribution in [1.29, 1.82) is 0 Å². The van der Waals surface area contributed by atoms with E-state index in [9.17, 15) is 0 Å². The van der Waals surface area contributed by atoms with E-state index in [0.717, 1.165) is 25.0 Å². The molecule has 80 valence electrons. The second-order valence-corrected chi connectivity index (χ2v) is 4.49. The van der Waals surface area contributed by atoms with Gasteiger partial charge in [0.1, 0.15) is 0 Å². The van der Waals surface area contributed by atoms with E-state index >= 15 is 0 Å². The number of hydrogen-bond acceptors (Lipinski definition) is 3. The predicted octanol–water partition coefficient (Wildman–Crippen LogP) is 1.50. The Morgan fingerprint density at radius 2 is 2.14 bits per heavy atom. The fourth-order valence-corrected chi connectivity index (χ4v) is 2.46. The Hall–Kier alpha value is -0.730. The Bertz CT molecular complexity index is 207. The highest BCUT2D eigenvalue weighted by molar-refractivity contribution is 5.81. The molecule has 0 aromatic heterocycles. The van der Waals surface area contributed by atoms with Crippen molar-refractivity contribution in [2.75, 3.05) is 13.1 Å². The number of rotatable bonds is 2. The van der Waals surface area contributed by atoms with E-state index in [1.165, 1.54) is 32.1 Å². The lowest BCUT2D eigenvalue weighted by Gasteiger charge is -2.28. The monoisotopic (exact) mass is 195 g/mol. The lowest BCUT2D eigenvalue weighted by atomic mass is 9.85. The smallest absolute Gasteiger partial charge is 0.191 e. The third kappa shape index (κ3) is 2.40. The summed E-state index contributed by atoms with van der Waals surface area (Å²) in [6.07, 6.45) is 7.04. The molecule has 0 unspecified atom stereocenters. The van der Waals surface area contributed by atoms with Gasteiger partial charge in [0.05, 0.1) is 6.54 Å². The van der Waals surface area contributed by atoms with Crippen LogP contribution in [0.15, 0.2) is 4.99 Å². The van der Waals surface area contributed by atoms with Gasteiger partial charge in [0.2, 0.25) is 0 Å². The Balaban J connectivity index is 1.78. The predicted molar refractivity (Wildman–Crippen MR) is 59.5 cm³/mol. The molecule has 0 radical (unpaired) electrons. The number of nitrogens with zero attached hydrogens (tertiary/aromatic N) is 1. The molecule has 1 saturated carbocycles. The van der Waals surface area contributed by atoms with Crippen LogP contribution in [0.25, 0.3) is 0 Å². The van der Waals surface area contributed by atoms with Crippen molar-refractivity contribution in [2.24, 2.45) is 10.9 Å². The number of hydrogen-bond donors (Lipinski definition) is 2. The summed E-state index contributed by atoms with van der Waals surface area (Å²) >= 11 is 0. The zero-order valence-electron chi connectivity index (χ0n) is 9.05. The molecule has 3 heteroatoms. The summed E-state index contributed by atoms with van der Waals surface area (Å²) in [4.78, 5) is 4.36. The number of aliphatic imine (C=N–C) groups is 1. The molecule has 1 aliphatic carbocycles. The van der Waals surface area contributed by atoms with E-state index in [0.29, 0.717) is 6.04 Å². The Labute approximate surface area is 86.4 Å². The Morgan fingerprint density at radius 3 is 2.79 bits per heavy atom. The minimum absolute atomic E-state index is 0.583. The number of nitrogens with one attached hydrogen (secondary N) is 2. The molecule has 1 heterocycles. The molecule has 0 amide bonds. The van der Waals surface area contributed by atoms with Gasteiger partial charge in [-0.1, -0.05) is 19.3 Å². The largest absolute Gasteiger partial charge is 0.355 e. The van der Waals surface area contributed by atoms with Gasteiger partial charge in [0, 0.05) is 12.6 Å². The van der Waals surface area contributed by atoms with Crippen LogP contribution in [-0.2, 0) is 0 Å². The second kappa shape index (κ2) is 4.67. The molecule has 0 aromatic carbocycles. The van der Waals surface area contributed by atoms with Crippen molar-refractivity contribution >= 4 is 5.96 Å². The van der Waals surface area contributed by atoms with E-state index in [-0.39, 0.29) is 0 Å². The van der Waals surface area contributed by atoms with Crippen molar-refractivity contribution in [3.05, 3.63) is 0 Å². The van der Waals surface area contributed by atoms with E-state index in [2.05, 4.69) is 22.5 Å². The Morgan fingerprint density at radius 1 is 1.36 bits per heavy atom. The van der Waals surface area contributed by atoms with Gasteiger partial charge in [-0.15, -0.1) is 0 Å². The van der Waals surface area contributed by atoms with Crippen LogP contribution in [-0.4, -0.2) is 25.1 Å². The first-order valence-corrected chi connectivity index (χ1v) is 5.91. The average Bonchev–Trinajstić information content (AvgIpc) is 2.72. The van der Waals surface area contributed by atoms with Crippen molar-refractivity contribution < 1.29 is 0 Å². The van der Waals surface area contributed by atoms with Crippen LogP contribution in [0.1, 0.15) is 39.0 Å². The van der Waals surface area contributed by atoms with Crippen LogP contribution in [0, 0.1) is 5.92 Å². The lowest BCUT2D eigenvalue weighted by Crippen LogP contribution is -2.43. The molecule has 0 saturated heterocycles. The molecule has 3 nitrogen and oxygen atoms in total. The van der Waals surface area contributed by atoms with Gasteiger partial charge < -0.3 is 10.6 Å². The molecule has 1 fully saturated rings. The summed E-state index contributed by atoms with van der Waals surface area (Å²) in [5.74, 6) is 1.87. The molecule has 1 atom stereocenters. The van der Waals surface area contributed by atoms with Crippen LogP contribution in [0.5, 0.6) is 0 Å². The summed E-state index contributed by atoms with van der Waals surface area (Å²) in [5, 5.41) is 6.75. The van der Waals surface area contributed by atoms with Gasteiger partial charge >= 0.3 is 0 Å². The van der Waals surface area contributed by atoms with Crippen molar-refractivity contribution in [1.82, 2.24) is 10.6 Å². The SMILES string of the molecule is C[C@@H](NC1=NCCN1)C1CCCCC1. The summed E-state index contributed by atoms with van der Waals surface area (Å²) in [7, 11) is 0. The fraction of sp³-hybridized carbons (Fsp3) is 0.909. The molecule has 2 aliphatic rings. The average molecular weight is 195 g/mol. The second-order valence-electron chi connectivity index (χ2n) is 4.49. The molecule has 0 spiro atoms. The van der Waals surface area contributed by atoms with Gasteiger partial charge in [-0.25, -0.2) is 0 Å². The zero-order chi connectivity index (χ0) is 9.80. The summed E-state index contributed by atoms with van der Waals surface area (Å²) in [6, 6.07) is 0.583. The number of guanidine groups is 1. The standard InChI is InChI=1S/C11H21N3/c1-9(10-5-3-2-4-6-10)14-11-12-7-8-13-11/h9-10H,2-8H2,1H3,(H2,12,13,14)/t9-/m1/s1. The van der Waals surface area contributed by atoms with Crippen LogP contribution in [0.2, 0.25) is 0 Å². The van der Waals surface area contributed by atoms with Crippen molar-refractivity contribution in [2.45, 2.75) is 45.1 Å². The topological polar surface area (TPSA) is 36.4 Å². The quantitative estimate of drug-likeness (QED) is 0.700. The van der Waals surface area contributed by atoms with Crippen LogP contribution in [0.4, 0.5) is 0 Å². The maximum atomic E-state index is 4.36. The molecular weight excluding hydrogens is 174 g/mol. The molecule has 0 aromatic rings. The first-order chi connectivity index (χ1) is 6.86. The van der Waals surface area contributed by atoms with Gasteiger partial charge in [-0.05, 0) is 25.7 Å². The fourth-order valence-electron chi connectivity index (χ4n) is 2.46. The van der Waals surface area contributed by atoms with Crippen molar-refractivity contribution in [3.63, 3.8) is 0 Å². The first kappa shape index (κ1) is 9.81. The summed E-state index contributed by atoms with van der Waals surface area (Å²) in [5.41, 5.74) is 0. The lowest BCUT2D eigenvalue weighted by molar-refractivity contribution is 0.301. The van der Waals surface area contributed by atoms with E-state index in [1.54, 1.807) is 0 Å². The molecule has 0 bridgehead atoms. The highest BCUT2D eigenvalue weighted by Gasteiger charge is 2.21. The highest BCUT2D eigenvalue weighted by atomic mass is 15.2. The molecule has 1 aliphatic heterocycles. The zero-order valence-corrected chi connectivity index (χ0v) is 9.05. The van der Waals surface area contributed by atoms with E-state index < -0.39 is 0 Å². The molecule has 14 heavy (non-hydrogen) atoms. The van der Waals surface area contributed by atoms with E-state index in [1.807, 2.05) is 0 Å². The summed E-state index contributed by atoms with van der Waals surface area (Å²) < 4.78 is 0. The van der Waals surface area contributed by atoms with Crippen molar-refractivity contribution in [3.8, 4) is 0 Å². The first-order valence-electron chi connectivity index (χ1n) is 5.91. The van der Waals surface area contributed by atoms with Crippen LogP contribution >= 0.6 is 0 Å². The molecular formula is C11H21N3. The maximum absolute atomic E-state index is 4.36. The highest BCUT2D eigenvalue weighted by Crippen LogP contribution is 2.26. The van der Waals surface area contributed by atoms with Gasteiger partial charge in [0.15, 0.2) is 5.96 Å².